The smallest absolute Gasteiger partial charge is 0.408 e. The van der Waals surface area contributed by atoms with Crippen LogP contribution in [0.15, 0.2) is 0 Å². The Morgan fingerprint density at radius 2 is 0.773 bits per heavy atom. The van der Waals surface area contributed by atoms with Crippen LogP contribution in [-0.2, 0) is 95.1 Å². The zero-order valence-corrected chi connectivity index (χ0v) is 45.6. The number of ether oxygens (including phenoxy) is 14. The molecule has 0 aliphatic carbocycles. The Morgan fingerprint density at radius 1 is 0.467 bits per heavy atom. The number of rotatable bonds is 21. The van der Waals surface area contributed by atoms with Gasteiger partial charge in [-0.3, -0.25) is 28.8 Å². The van der Waals surface area contributed by atoms with Crippen molar-refractivity contribution in [2.75, 3.05) is 28.4 Å². The van der Waals surface area contributed by atoms with E-state index in [0.29, 0.717) is 0 Å². The fraction of sp³-hybridized carbons (Fsp3) is 0.854. The lowest BCUT2D eigenvalue weighted by atomic mass is 9.98. The maximum Gasteiger partial charge on any atom is 0.408 e. The quantitative estimate of drug-likeness (QED) is 0.0781. The number of esters is 1. The Balaban J connectivity index is 1.14. The first-order valence-corrected chi connectivity index (χ1v) is 25.1. The number of hydrogen-bond donors (Lipinski definition) is 6. The largest absolute Gasteiger partial charge is 0.469 e. The van der Waals surface area contributed by atoms with E-state index in [0.717, 1.165) is 0 Å². The van der Waals surface area contributed by atoms with Crippen molar-refractivity contribution in [3.05, 3.63) is 0 Å². The predicted molar refractivity (Wildman–Crippen MR) is 254 cm³/mol. The van der Waals surface area contributed by atoms with E-state index in [1.165, 1.54) is 49.2 Å². The molecular formula is C48H78N6O21. The fourth-order valence-electron chi connectivity index (χ4n) is 9.90. The first-order valence-electron chi connectivity index (χ1n) is 25.1. The normalized spacial score (nSPS) is 33.3. The summed E-state index contributed by atoms with van der Waals surface area (Å²) in [6.45, 7) is 19.5. The highest BCUT2D eigenvalue weighted by molar-refractivity contribution is 5.90. The average Bonchev–Trinajstić information content (AvgIpc) is 4.10. The fourth-order valence-corrected chi connectivity index (χ4v) is 9.90. The molecule has 6 heterocycles. The molecule has 6 amide bonds. The molecule has 6 fully saturated rings. The van der Waals surface area contributed by atoms with Gasteiger partial charge in [-0.1, -0.05) is 0 Å². The van der Waals surface area contributed by atoms with Crippen molar-refractivity contribution in [2.45, 2.75) is 235 Å². The third-order valence-electron chi connectivity index (χ3n) is 13.2. The summed E-state index contributed by atoms with van der Waals surface area (Å²) in [4.78, 5) is 94.7. The third-order valence-corrected chi connectivity index (χ3v) is 13.2. The Labute approximate surface area is 436 Å². The Hall–Kier alpha value is -4.39. The van der Waals surface area contributed by atoms with Crippen molar-refractivity contribution in [1.29, 1.82) is 0 Å². The molecule has 0 radical (unpaired) electrons. The van der Waals surface area contributed by atoms with Gasteiger partial charge in [0.05, 0.1) is 31.7 Å². The van der Waals surface area contributed by atoms with Gasteiger partial charge in [0, 0.05) is 34.2 Å². The summed E-state index contributed by atoms with van der Waals surface area (Å²) in [5.41, 5.74) is -0.846. The van der Waals surface area contributed by atoms with Gasteiger partial charge in [0.2, 0.25) is 29.5 Å². The Morgan fingerprint density at radius 3 is 1.07 bits per heavy atom. The molecular weight excluding hydrogens is 997 g/mol. The van der Waals surface area contributed by atoms with E-state index < -0.39 is 187 Å². The number of carbonyl (C=O) groups is 7. The van der Waals surface area contributed by atoms with Crippen molar-refractivity contribution >= 4 is 41.6 Å². The molecule has 6 aliphatic heterocycles. The van der Waals surface area contributed by atoms with Crippen molar-refractivity contribution in [3.8, 4) is 0 Å². The van der Waals surface area contributed by atoms with E-state index in [2.05, 4.69) is 31.9 Å². The van der Waals surface area contributed by atoms with Crippen molar-refractivity contribution in [2.24, 2.45) is 0 Å². The topological polar surface area (TPSA) is 321 Å². The lowest BCUT2D eigenvalue weighted by molar-refractivity contribution is -0.220. The number of alkyl carbamates (subject to hydrolysis) is 1. The Bertz CT molecular complexity index is 2090. The van der Waals surface area contributed by atoms with Crippen molar-refractivity contribution < 1.29 is 99.9 Å². The minimum absolute atomic E-state index is 0.326. The molecule has 0 aromatic heterocycles. The van der Waals surface area contributed by atoms with Crippen LogP contribution in [0.4, 0.5) is 4.79 Å². The summed E-state index contributed by atoms with van der Waals surface area (Å²) in [7, 11) is 5.46. The monoisotopic (exact) mass is 1070 g/mol. The number of hydrogen-bond acceptors (Lipinski definition) is 21. The highest BCUT2D eigenvalue weighted by atomic mass is 16.9. The van der Waals surface area contributed by atoms with E-state index >= 15 is 0 Å². The molecule has 0 saturated carbocycles. The lowest BCUT2D eigenvalue weighted by Crippen LogP contribution is -2.58. The van der Waals surface area contributed by atoms with Crippen molar-refractivity contribution in [3.63, 3.8) is 0 Å². The van der Waals surface area contributed by atoms with Gasteiger partial charge in [-0.15, -0.1) is 0 Å². The SMILES string of the molecule is COC(=O)C[C@@H](NC(=O)[C@H](C)NC(=O)C[C@@H](NC(=O)[C@H](C)NC(=O)C[C@@H](NC(=O)[C@H](C)NC(=O)OC(C)(C)C)[C@H]1O[C@@H]2OC(C)(C)O[C@@H]2[C@@H]1OC)[C@H]1O[C@@H]2OC(C)(C)O[C@@H]2[C@@H]1OC)[C@H]1O[C@@H]2OC(C)(C)O[C@@H]2[C@@H]1OC. The van der Waals surface area contributed by atoms with Gasteiger partial charge in [-0.05, 0) is 83.1 Å². The molecule has 0 unspecified atom stereocenters. The first-order chi connectivity index (χ1) is 34.9. The van der Waals surface area contributed by atoms with E-state index in [1.807, 2.05) is 0 Å². The molecule has 75 heavy (non-hydrogen) atoms. The molecule has 0 bridgehead atoms. The van der Waals surface area contributed by atoms with E-state index in [4.69, 9.17) is 66.3 Å². The zero-order chi connectivity index (χ0) is 55.7. The molecule has 426 valence electrons. The summed E-state index contributed by atoms with van der Waals surface area (Å²) in [5, 5.41) is 16.1. The highest BCUT2D eigenvalue weighted by Gasteiger charge is 2.60. The van der Waals surface area contributed by atoms with Gasteiger partial charge in [0.15, 0.2) is 36.2 Å². The second kappa shape index (κ2) is 23.7. The number of fused-ring (bicyclic) bond motifs is 3. The van der Waals surface area contributed by atoms with Gasteiger partial charge in [0.25, 0.3) is 0 Å². The molecule has 0 aromatic carbocycles. The van der Waals surface area contributed by atoms with Gasteiger partial charge < -0.3 is 98.2 Å². The third kappa shape index (κ3) is 14.8. The molecule has 0 aromatic rings. The van der Waals surface area contributed by atoms with Crippen molar-refractivity contribution in [1.82, 2.24) is 31.9 Å². The minimum atomic E-state index is -1.28. The lowest BCUT2D eigenvalue weighted by Gasteiger charge is -2.32. The summed E-state index contributed by atoms with van der Waals surface area (Å²) < 4.78 is 82.0. The van der Waals surface area contributed by atoms with E-state index in [-0.39, 0.29) is 6.42 Å². The summed E-state index contributed by atoms with van der Waals surface area (Å²) >= 11 is 0. The van der Waals surface area contributed by atoms with Crippen LogP contribution in [0.5, 0.6) is 0 Å². The van der Waals surface area contributed by atoms with Crippen LogP contribution in [0, 0.1) is 0 Å². The van der Waals surface area contributed by atoms with E-state index in [1.54, 1.807) is 62.3 Å². The van der Waals surface area contributed by atoms with Crippen LogP contribution in [-0.4, -0.2) is 203 Å². The van der Waals surface area contributed by atoms with Crippen LogP contribution >= 0.6 is 0 Å². The minimum Gasteiger partial charge on any atom is -0.469 e. The molecule has 0 spiro atoms. The highest BCUT2D eigenvalue weighted by Crippen LogP contribution is 2.42. The van der Waals surface area contributed by atoms with E-state index in [9.17, 15) is 33.6 Å². The second-order valence-electron chi connectivity index (χ2n) is 21.8. The molecule has 18 atom stereocenters. The molecule has 6 N–H and O–H groups in total. The number of carbonyl (C=O) groups excluding carboxylic acids is 7. The van der Waals surface area contributed by atoms with Crippen LogP contribution in [0.1, 0.15) is 102 Å². The summed E-state index contributed by atoms with van der Waals surface area (Å²) in [5.74, 6) is -7.29. The average molecular weight is 1080 g/mol. The molecule has 6 aliphatic rings. The van der Waals surface area contributed by atoms with Crippen LogP contribution in [0.25, 0.3) is 0 Å². The maximum atomic E-state index is 14.2. The van der Waals surface area contributed by atoms with Gasteiger partial charge in [-0.2, -0.15) is 0 Å². The number of amides is 6. The first kappa shape index (κ1) is 59.8. The van der Waals surface area contributed by atoms with Gasteiger partial charge in [0.1, 0.15) is 78.7 Å². The van der Waals surface area contributed by atoms with Crippen LogP contribution in [0.3, 0.4) is 0 Å². The zero-order valence-electron chi connectivity index (χ0n) is 45.6. The maximum absolute atomic E-state index is 14.2. The number of methoxy groups -OCH3 is 4. The summed E-state index contributed by atoms with van der Waals surface area (Å²) in [6, 6.07) is -6.97. The number of nitrogens with one attached hydrogen (secondary N) is 6. The molecule has 6 saturated heterocycles. The van der Waals surface area contributed by atoms with Crippen LogP contribution in [0.2, 0.25) is 0 Å². The van der Waals surface area contributed by atoms with Crippen LogP contribution < -0.4 is 31.9 Å². The molecule has 27 heteroatoms. The summed E-state index contributed by atoms with van der Waals surface area (Å²) in [6.07, 6.45) is -12.5. The predicted octanol–water partition coefficient (Wildman–Crippen LogP) is -0.619. The second-order valence-corrected chi connectivity index (χ2v) is 21.8. The Kier molecular flexibility index (Phi) is 18.9. The molecule has 27 nitrogen and oxygen atoms in total. The van der Waals surface area contributed by atoms with Gasteiger partial charge >= 0.3 is 12.1 Å². The molecule has 6 rings (SSSR count). The van der Waals surface area contributed by atoms with Gasteiger partial charge in [-0.25, -0.2) is 4.79 Å². The standard InChI is InChI=1S/C48H78N6O21/c1-20(49-27(56)18-24(53-40(60)22(3)51-44(61)75-45(4,5)6)30-33(64-15)36-42(67-30)73-47(9,10)70-36)38(58)52-23(29-32(63-14)35-41(66-29)72-46(7,8)69-35)17-26(55)50-21(2)39(59)54-25(19-28(57)62-13)31-34(65-16)37-43(68-31)74-48(11,12)71-37/h20-25,29-37,41-43H,17-19H2,1-16H3,(H,49,56)(H,50,55)(H,51,61)(H,52,58)(H,53,60)(H,54,59)/t20-,21-,22-,23+,24+,25+,29+,30+,31+,32+,33+,34+,35+,36+,37+,41+,42+,43+/m0/s1.